The van der Waals surface area contributed by atoms with Crippen LogP contribution in [0.4, 0.5) is 5.69 Å². The summed E-state index contributed by atoms with van der Waals surface area (Å²) in [4.78, 5) is 0. The molecule has 0 heterocycles. The fraction of sp³-hybridized carbons (Fsp3) is 0.333. The highest BCUT2D eigenvalue weighted by Crippen LogP contribution is 2.35. The molecule has 0 spiro atoms. The third-order valence-corrected chi connectivity index (χ3v) is 4.48. The molecule has 0 unspecified atom stereocenters. The highest BCUT2D eigenvalue weighted by Gasteiger charge is 2.12. The van der Waals surface area contributed by atoms with Crippen molar-refractivity contribution in [1.29, 1.82) is 0 Å². The Kier molecular flexibility index (Phi) is 7.08. The molecule has 0 bridgehead atoms. The zero-order valence-electron chi connectivity index (χ0n) is 13.8. The van der Waals surface area contributed by atoms with E-state index >= 15 is 0 Å². The summed E-state index contributed by atoms with van der Waals surface area (Å²) in [6.45, 7) is 7.07. The van der Waals surface area contributed by atoms with Crippen LogP contribution in [0.15, 0.2) is 34.8 Å². The van der Waals surface area contributed by atoms with E-state index in [0.29, 0.717) is 23.2 Å². The molecule has 0 radical (unpaired) electrons. The minimum absolute atomic E-state index is 0.0744. The van der Waals surface area contributed by atoms with E-state index in [-0.39, 0.29) is 6.10 Å². The van der Waals surface area contributed by atoms with Gasteiger partial charge in [-0.2, -0.15) is 0 Å². The van der Waals surface area contributed by atoms with Crippen LogP contribution in [0.3, 0.4) is 0 Å². The second kappa shape index (κ2) is 8.84. The van der Waals surface area contributed by atoms with Crippen LogP contribution in [0.5, 0.6) is 11.5 Å². The first-order valence-electron chi connectivity index (χ1n) is 7.71. The molecule has 0 aliphatic heterocycles. The monoisotopic (exact) mass is 431 g/mol. The van der Waals surface area contributed by atoms with E-state index in [4.69, 9.17) is 32.7 Å². The number of hydrogen-bond acceptors (Lipinski definition) is 3. The number of benzene rings is 2. The molecule has 2 aromatic carbocycles. The maximum atomic E-state index is 6.19. The third-order valence-electron chi connectivity index (χ3n) is 3.17. The summed E-state index contributed by atoms with van der Waals surface area (Å²) < 4.78 is 12.5. The normalized spacial score (nSPS) is 10.8. The number of anilines is 1. The highest BCUT2D eigenvalue weighted by molar-refractivity contribution is 9.10. The fourth-order valence-electron chi connectivity index (χ4n) is 2.15. The number of ether oxygens (including phenoxy) is 2. The quantitative estimate of drug-likeness (QED) is 0.537. The summed E-state index contributed by atoms with van der Waals surface area (Å²) in [5.41, 5.74) is 1.82. The Bertz CT molecular complexity index is 708. The lowest BCUT2D eigenvalue weighted by molar-refractivity contribution is 0.223. The molecule has 2 rings (SSSR count). The molecule has 0 saturated heterocycles. The van der Waals surface area contributed by atoms with Gasteiger partial charge in [0.15, 0.2) is 11.5 Å². The number of nitrogens with one attached hydrogen (secondary N) is 1. The van der Waals surface area contributed by atoms with Crippen molar-refractivity contribution >= 4 is 44.8 Å². The molecule has 0 atom stereocenters. The van der Waals surface area contributed by atoms with Crippen LogP contribution in [-0.4, -0.2) is 12.7 Å². The molecule has 0 aromatic heterocycles. The molecule has 0 amide bonds. The van der Waals surface area contributed by atoms with Crippen LogP contribution in [0.1, 0.15) is 26.3 Å². The molecule has 2 aromatic rings. The first-order chi connectivity index (χ1) is 11.4. The Morgan fingerprint density at radius 1 is 1.12 bits per heavy atom. The molecule has 6 heteroatoms. The minimum atomic E-state index is 0.0744. The lowest BCUT2D eigenvalue weighted by Crippen LogP contribution is -2.09. The Morgan fingerprint density at radius 2 is 1.88 bits per heavy atom. The van der Waals surface area contributed by atoms with Gasteiger partial charge in [-0.05, 0) is 56.7 Å². The second-order valence-electron chi connectivity index (χ2n) is 5.47. The maximum absolute atomic E-state index is 6.19. The van der Waals surface area contributed by atoms with Crippen molar-refractivity contribution in [3.63, 3.8) is 0 Å². The predicted octanol–water partition coefficient (Wildman–Crippen LogP) is 6.55. The first-order valence-corrected chi connectivity index (χ1v) is 9.26. The van der Waals surface area contributed by atoms with E-state index in [9.17, 15) is 0 Å². The maximum Gasteiger partial charge on any atom is 0.162 e. The predicted molar refractivity (Wildman–Crippen MR) is 105 cm³/mol. The van der Waals surface area contributed by atoms with E-state index in [2.05, 4.69) is 21.2 Å². The number of halogens is 3. The minimum Gasteiger partial charge on any atom is -0.490 e. The average Bonchev–Trinajstić information content (AvgIpc) is 2.51. The topological polar surface area (TPSA) is 30.5 Å². The highest BCUT2D eigenvalue weighted by atomic mass is 79.9. The summed E-state index contributed by atoms with van der Waals surface area (Å²) >= 11 is 15.8. The van der Waals surface area contributed by atoms with E-state index in [0.717, 1.165) is 27.2 Å². The summed E-state index contributed by atoms with van der Waals surface area (Å²) in [6, 6.07) is 9.23. The van der Waals surface area contributed by atoms with Crippen LogP contribution >= 0.6 is 39.1 Å². The fourth-order valence-corrected chi connectivity index (χ4v) is 2.97. The van der Waals surface area contributed by atoms with Crippen LogP contribution in [-0.2, 0) is 6.54 Å². The molecule has 1 N–H and O–H groups in total. The summed E-state index contributed by atoms with van der Waals surface area (Å²) in [5, 5.41) is 4.56. The first kappa shape index (κ1) is 19.2. The van der Waals surface area contributed by atoms with Crippen LogP contribution in [0, 0.1) is 0 Å². The zero-order valence-corrected chi connectivity index (χ0v) is 16.9. The zero-order chi connectivity index (χ0) is 17.7. The van der Waals surface area contributed by atoms with Crippen molar-refractivity contribution in [1.82, 2.24) is 0 Å². The SMILES string of the molecule is CCOc1cc(CNc2cc(Cl)ccc2Cl)c(Br)cc1OC(C)C. The van der Waals surface area contributed by atoms with E-state index < -0.39 is 0 Å². The number of rotatable bonds is 7. The van der Waals surface area contributed by atoms with Crippen molar-refractivity contribution in [2.45, 2.75) is 33.4 Å². The lowest BCUT2D eigenvalue weighted by Gasteiger charge is -2.17. The molecule has 24 heavy (non-hydrogen) atoms. The molecule has 0 saturated carbocycles. The van der Waals surface area contributed by atoms with E-state index in [1.807, 2.05) is 32.9 Å². The van der Waals surface area contributed by atoms with Crippen molar-refractivity contribution in [2.24, 2.45) is 0 Å². The Labute approximate surface area is 161 Å². The summed E-state index contributed by atoms with van der Waals surface area (Å²) in [5.74, 6) is 1.45. The van der Waals surface area contributed by atoms with Gasteiger partial charge in [-0.25, -0.2) is 0 Å². The third kappa shape index (κ3) is 5.20. The van der Waals surface area contributed by atoms with Crippen LogP contribution in [0.2, 0.25) is 10.0 Å². The summed E-state index contributed by atoms with van der Waals surface area (Å²) in [6.07, 6.45) is 0.0744. The molecule has 0 aliphatic rings. The van der Waals surface area contributed by atoms with Gasteiger partial charge in [-0.15, -0.1) is 0 Å². The van der Waals surface area contributed by atoms with Gasteiger partial charge in [0, 0.05) is 16.0 Å². The van der Waals surface area contributed by atoms with Crippen LogP contribution < -0.4 is 14.8 Å². The van der Waals surface area contributed by atoms with Crippen molar-refractivity contribution in [2.75, 3.05) is 11.9 Å². The van der Waals surface area contributed by atoms with Gasteiger partial charge in [-0.1, -0.05) is 39.1 Å². The molecular formula is C18H20BrCl2NO2. The number of hydrogen-bond donors (Lipinski definition) is 1. The molecular weight excluding hydrogens is 413 g/mol. The molecule has 0 fully saturated rings. The Hall–Kier alpha value is -1.10. The van der Waals surface area contributed by atoms with Crippen molar-refractivity contribution < 1.29 is 9.47 Å². The van der Waals surface area contributed by atoms with E-state index in [1.54, 1.807) is 18.2 Å². The van der Waals surface area contributed by atoms with Crippen molar-refractivity contribution in [3.05, 3.63) is 50.4 Å². The lowest BCUT2D eigenvalue weighted by atomic mass is 10.2. The molecule has 3 nitrogen and oxygen atoms in total. The van der Waals surface area contributed by atoms with Gasteiger partial charge < -0.3 is 14.8 Å². The van der Waals surface area contributed by atoms with Gasteiger partial charge in [0.2, 0.25) is 0 Å². The van der Waals surface area contributed by atoms with Gasteiger partial charge in [0.25, 0.3) is 0 Å². The second-order valence-corrected chi connectivity index (χ2v) is 7.17. The Morgan fingerprint density at radius 3 is 2.54 bits per heavy atom. The smallest absolute Gasteiger partial charge is 0.162 e. The van der Waals surface area contributed by atoms with Crippen molar-refractivity contribution in [3.8, 4) is 11.5 Å². The average molecular weight is 433 g/mol. The molecule has 0 aliphatic carbocycles. The van der Waals surface area contributed by atoms with Gasteiger partial charge >= 0.3 is 0 Å². The molecule has 130 valence electrons. The Balaban J connectivity index is 2.23. The standard InChI is InChI=1S/C18H20BrCl2NO2/c1-4-23-17-7-12(14(19)9-18(17)24-11(2)3)10-22-16-8-13(20)5-6-15(16)21/h5-9,11,22H,4,10H2,1-3H3. The largest absolute Gasteiger partial charge is 0.490 e. The van der Waals surface area contributed by atoms with E-state index in [1.165, 1.54) is 0 Å². The van der Waals surface area contributed by atoms with Gasteiger partial charge in [0.05, 0.1) is 23.4 Å². The summed E-state index contributed by atoms with van der Waals surface area (Å²) in [7, 11) is 0. The van der Waals surface area contributed by atoms with Gasteiger partial charge in [0.1, 0.15) is 0 Å². The van der Waals surface area contributed by atoms with Gasteiger partial charge in [-0.3, -0.25) is 0 Å². The van der Waals surface area contributed by atoms with Crippen LogP contribution in [0.25, 0.3) is 0 Å².